The monoisotopic (exact) mass is 183 g/mol. The highest BCUT2D eigenvalue weighted by molar-refractivity contribution is 5.72. The van der Waals surface area contributed by atoms with Gasteiger partial charge in [-0.1, -0.05) is 30.4 Å². The van der Waals surface area contributed by atoms with E-state index in [1.54, 1.807) is 0 Å². The van der Waals surface area contributed by atoms with E-state index < -0.39 is 0 Å². The molecule has 1 aromatic rings. The van der Waals surface area contributed by atoms with Crippen molar-refractivity contribution in [3.8, 4) is 0 Å². The van der Waals surface area contributed by atoms with Crippen molar-refractivity contribution in [2.45, 2.75) is 6.42 Å². The molecular weight excluding hydrogens is 174 g/mol. The average molecular weight is 183 g/mol. The van der Waals surface area contributed by atoms with E-state index in [-0.39, 0.29) is 5.56 Å². The van der Waals surface area contributed by atoms with Crippen LogP contribution in [0.15, 0.2) is 29.1 Å². The lowest BCUT2D eigenvalue weighted by atomic mass is 10.1. The predicted octanol–water partition coefficient (Wildman–Crippen LogP) is 1.88. The van der Waals surface area contributed by atoms with Crippen LogP contribution >= 0.6 is 0 Å². The zero-order chi connectivity index (χ0) is 9.54. The summed E-state index contributed by atoms with van der Waals surface area (Å²) >= 11 is 0. The first-order valence-electron chi connectivity index (χ1n) is 4.66. The van der Waals surface area contributed by atoms with Crippen LogP contribution in [0, 0.1) is 0 Å². The van der Waals surface area contributed by atoms with E-state index in [9.17, 15) is 4.79 Å². The molecule has 0 atom stereocenters. The number of pyridine rings is 1. The molecule has 2 aliphatic carbocycles. The summed E-state index contributed by atoms with van der Waals surface area (Å²) < 4.78 is 0. The second-order valence-corrected chi connectivity index (χ2v) is 3.52. The third-order valence-corrected chi connectivity index (χ3v) is 2.59. The largest absolute Gasteiger partial charge is 0.322 e. The zero-order valence-electron chi connectivity index (χ0n) is 7.58. The Balaban J connectivity index is 2.31. The van der Waals surface area contributed by atoms with Gasteiger partial charge in [0.15, 0.2) is 0 Å². The van der Waals surface area contributed by atoms with Gasteiger partial charge in [-0.2, -0.15) is 0 Å². The first kappa shape index (κ1) is 7.56. The molecule has 0 bridgehead atoms. The molecule has 1 aromatic heterocycles. The van der Waals surface area contributed by atoms with E-state index in [1.165, 1.54) is 11.1 Å². The highest BCUT2D eigenvalue weighted by atomic mass is 16.1. The van der Waals surface area contributed by atoms with Crippen molar-refractivity contribution in [2.24, 2.45) is 0 Å². The number of aromatic nitrogens is 1. The number of nitrogens with one attached hydrogen (secondary N) is 1. The maximum Gasteiger partial charge on any atom is 0.252 e. The third-order valence-electron chi connectivity index (χ3n) is 2.59. The Bertz CT molecular complexity index is 544. The summed E-state index contributed by atoms with van der Waals surface area (Å²) in [5.74, 6) is 0. The van der Waals surface area contributed by atoms with E-state index >= 15 is 0 Å². The molecule has 0 aliphatic heterocycles. The molecule has 0 amide bonds. The van der Waals surface area contributed by atoms with Crippen LogP contribution < -0.4 is 5.56 Å². The Morgan fingerprint density at radius 3 is 2.64 bits per heavy atom. The number of hydrogen-bond donors (Lipinski definition) is 1. The molecule has 1 heterocycles. The lowest BCUT2D eigenvalue weighted by molar-refractivity contribution is 1.21. The van der Waals surface area contributed by atoms with Crippen molar-refractivity contribution in [2.75, 3.05) is 0 Å². The second-order valence-electron chi connectivity index (χ2n) is 3.52. The van der Waals surface area contributed by atoms with Gasteiger partial charge in [0.25, 0.3) is 5.56 Å². The highest BCUT2D eigenvalue weighted by Gasteiger charge is 2.25. The van der Waals surface area contributed by atoms with Gasteiger partial charge in [-0.25, -0.2) is 0 Å². The molecule has 0 spiro atoms. The van der Waals surface area contributed by atoms with Gasteiger partial charge < -0.3 is 4.98 Å². The number of hydrogen-bond acceptors (Lipinski definition) is 1. The van der Waals surface area contributed by atoms with Crippen molar-refractivity contribution in [3.63, 3.8) is 0 Å². The van der Waals surface area contributed by atoms with Crippen molar-refractivity contribution in [1.82, 2.24) is 4.98 Å². The van der Waals surface area contributed by atoms with Gasteiger partial charge in [-0.05, 0) is 11.6 Å². The fourth-order valence-electron chi connectivity index (χ4n) is 1.79. The Hall–Kier alpha value is -1.83. The summed E-state index contributed by atoms with van der Waals surface area (Å²) in [6.45, 7) is 0. The molecule has 2 heteroatoms. The number of rotatable bonds is 0. The molecule has 3 rings (SSSR count). The summed E-state index contributed by atoms with van der Waals surface area (Å²) in [7, 11) is 0. The number of H-pyrrole nitrogens is 1. The molecule has 0 aromatic carbocycles. The molecule has 2 aliphatic rings. The highest BCUT2D eigenvalue weighted by Crippen LogP contribution is 2.31. The maximum atomic E-state index is 11.4. The van der Waals surface area contributed by atoms with Crippen molar-refractivity contribution < 1.29 is 0 Å². The van der Waals surface area contributed by atoms with Crippen LogP contribution in [0.25, 0.3) is 12.2 Å². The minimum atomic E-state index is 0.0707. The summed E-state index contributed by atoms with van der Waals surface area (Å²) in [4.78, 5) is 14.3. The van der Waals surface area contributed by atoms with Crippen LogP contribution in [0.3, 0.4) is 0 Å². The summed E-state index contributed by atoms with van der Waals surface area (Å²) in [5, 5.41) is 0. The first-order chi connectivity index (χ1) is 6.86. The van der Waals surface area contributed by atoms with Crippen LogP contribution in [0.5, 0.6) is 0 Å². The van der Waals surface area contributed by atoms with E-state index in [0.29, 0.717) is 0 Å². The first-order valence-corrected chi connectivity index (χ1v) is 4.66. The van der Waals surface area contributed by atoms with Crippen molar-refractivity contribution in [1.29, 1.82) is 0 Å². The van der Waals surface area contributed by atoms with Crippen molar-refractivity contribution >= 4 is 12.2 Å². The minimum Gasteiger partial charge on any atom is -0.322 e. The van der Waals surface area contributed by atoms with E-state index in [0.717, 1.165) is 17.7 Å². The lowest BCUT2D eigenvalue weighted by Crippen LogP contribution is -2.06. The van der Waals surface area contributed by atoms with Crippen LogP contribution in [-0.2, 0) is 6.42 Å². The van der Waals surface area contributed by atoms with Gasteiger partial charge in [0.1, 0.15) is 0 Å². The molecule has 68 valence electrons. The quantitative estimate of drug-likeness (QED) is 0.664. The molecule has 0 unspecified atom stereocenters. The topological polar surface area (TPSA) is 32.9 Å². The minimum absolute atomic E-state index is 0.0707. The smallest absolute Gasteiger partial charge is 0.252 e. The number of allylic oxidation sites excluding steroid dienone is 4. The Morgan fingerprint density at radius 1 is 1.00 bits per heavy atom. The molecule has 2 nitrogen and oxygen atoms in total. The van der Waals surface area contributed by atoms with Crippen LogP contribution in [-0.4, -0.2) is 4.98 Å². The normalized spacial score (nSPS) is 15.7. The van der Waals surface area contributed by atoms with Gasteiger partial charge in [0, 0.05) is 23.2 Å². The Morgan fingerprint density at radius 2 is 1.79 bits per heavy atom. The average Bonchev–Trinajstić information content (AvgIpc) is 2.88. The molecule has 14 heavy (non-hydrogen) atoms. The van der Waals surface area contributed by atoms with E-state index in [2.05, 4.69) is 11.1 Å². The summed E-state index contributed by atoms with van der Waals surface area (Å²) in [6.07, 6.45) is 12.7. The number of aromatic amines is 1. The maximum absolute atomic E-state index is 11.4. The number of fused-ring (bicyclic) bond motifs is 3. The van der Waals surface area contributed by atoms with E-state index in [1.807, 2.05) is 30.4 Å². The molecule has 0 saturated heterocycles. The van der Waals surface area contributed by atoms with Gasteiger partial charge in [0.05, 0.1) is 0 Å². The molecule has 0 radical (unpaired) electrons. The van der Waals surface area contributed by atoms with E-state index in [4.69, 9.17) is 0 Å². The molecule has 0 fully saturated rings. The van der Waals surface area contributed by atoms with Crippen LogP contribution in [0.4, 0.5) is 0 Å². The Labute approximate surface area is 81.3 Å². The lowest BCUT2D eigenvalue weighted by Gasteiger charge is -2.00. The molecule has 0 saturated carbocycles. The van der Waals surface area contributed by atoms with Crippen LogP contribution in [0.2, 0.25) is 0 Å². The standard InChI is InChI=1S/C12H9NO/c14-12-10-7-9(10)8-5-3-1-2-4-6-11(8)13-12/h1-6H,7H2,(H,13,14). The third kappa shape index (κ3) is 1.01. The molecular formula is C12H9NO. The second kappa shape index (κ2) is 2.58. The zero-order valence-corrected chi connectivity index (χ0v) is 7.58. The summed E-state index contributed by atoms with van der Waals surface area (Å²) in [6, 6.07) is 0. The van der Waals surface area contributed by atoms with Gasteiger partial charge in [0.2, 0.25) is 0 Å². The SMILES string of the molecule is O=c1[nH]c2c(c3c1C3)C=CC=CC=C2. The van der Waals surface area contributed by atoms with Gasteiger partial charge >= 0.3 is 0 Å². The van der Waals surface area contributed by atoms with Gasteiger partial charge in [-0.3, -0.25) is 4.79 Å². The predicted molar refractivity (Wildman–Crippen MR) is 57.1 cm³/mol. The molecule has 1 N–H and O–H groups in total. The fraction of sp³-hybridized carbons (Fsp3) is 0.0833. The van der Waals surface area contributed by atoms with Crippen molar-refractivity contribution in [3.05, 3.63) is 57.0 Å². The van der Waals surface area contributed by atoms with Gasteiger partial charge in [-0.15, -0.1) is 0 Å². The van der Waals surface area contributed by atoms with Crippen LogP contribution in [0.1, 0.15) is 22.4 Å². The Kier molecular flexibility index (Phi) is 1.39. The summed E-state index contributed by atoms with van der Waals surface area (Å²) in [5.41, 5.74) is 4.32. The fourth-order valence-corrected chi connectivity index (χ4v) is 1.79.